The summed E-state index contributed by atoms with van der Waals surface area (Å²) in [5.41, 5.74) is 1.80. The number of para-hydroxylation sites is 2. The molecule has 0 spiro atoms. The van der Waals surface area contributed by atoms with E-state index in [-0.39, 0.29) is 11.7 Å². The summed E-state index contributed by atoms with van der Waals surface area (Å²) in [6.45, 7) is 0. The Morgan fingerprint density at radius 3 is 2.55 bits per heavy atom. The quantitative estimate of drug-likeness (QED) is 0.411. The van der Waals surface area contributed by atoms with E-state index in [4.69, 9.17) is 4.74 Å². The van der Waals surface area contributed by atoms with Crippen LogP contribution in [-0.4, -0.2) is 42.0 Å². The molecule has 0 aliphatic rings. The molecule has 2 N–H and O–H groups in total. The monoisotopic (exact) mass is 430 g/mol. The lowest BCUT2D eigenvalue weighted by molar-refractivity contribution is -0.113. The van der Waals surface area contributed by atoms with E-state index in [1.807, 2.05) is 24.3 Å². The van der Waals surface area contributed by atoms with Crippen LogP contribution < -0.4 is 15.4 Å². The highest BCUT2D eigenvalue weighted by molar-refractivity contribution is 8.01. The van der Waals surface area contributed by atoms with Crippen molar-refractivity contribution in [2.75, 3.05) is 30.6 Å². The highest BCUT2D eigenvalue weighted by Crippen LogP contribution is 2.31. The van der Waals surface area contributed by atoms with Crippen LogP contribution in [0.4, 0.5) is 16.5 Å². The van der Waals surface area contributed by atoms with Crippen molar-refractivity contribution in [1.29, 1.82) is 0 Å². The van der Waals surface area contributed by atoms with Crippen molar-refractivity contribution in [1.82, 2.24) is 10.2 Å². The molecular formula is C19H18N4O4S2. The Labute approximate surface area is 175 Å². The van der Waals surface area contributed by atoms with E-state index in [2.05, 4.69) is 25.6 Å². The fourth-order valence-corrected chi connectivity index (χ4v) is 3.88. The lowest BCUT2D eigenvalue weighted by Gasteiger charge is -2.07. The number of thioether (sulfide) groups is 1. The van der Waals surface area contributed by atoms with Crippen LogP contribution in [0.3, 0.4) is 0 Å². The third-order valence-electron chi connectivity index (χ3n) is 3.67. The van der Waals surface area contributed by atoms with E-state index < -0.39 is 5.97 Å². The molecule has 0 bridgehead atoms. The summed E-state index contributed by atoms with van der Waals surface area (Å²) in [7, 11) is 2.92. The first kappa shape index (κ1) is 20.6. The number of nitrogens with zero attached hydrogens (tertiary/aromatic N) is 2. The first-order valence-electron chi connectivity index (χ1n) is 8.43. The lowest BCUT2D eigenvalue weighted by Crippen LogP contribution is -2.14. The molecule has 1 amide bonds. The van der Waals surface area contributed by atoms with E-state index in [1.54, 1.807) is 31.4 Å². The summed E-state index contributed by atoms with van der Waals surface area (Å²) in [5, 5.41) is 14.7. The number of nitrogens with one attached hydrogen (secondary N) is 2. The van der Waals surface area contributed by atoms with Crippen LogP contribution in [0.5, 0.6) is 5.75 Å². The third kappa shape index (κ3) is 5.69. The van der Waals surface area contributed by atoms with Crippen LogP contribution in [-0.2, 0) is 9.53 Å². The van der Waals surface area contributed by atoms with Crippen molar-refractivity contribution in [3.05, 3.63) is 54.1 Å². The van der Waals surface area contributed by atoms with Gasteiger partial charge in [-0.3, -0.25) is 4.79 Å². The summed E-state index contributed by atoms with van der Waals surface area (Å²) in [5.74, 6) is 0.277. The first-order valence-corrected chi connectivity index (χ1v) is 10.2. The SMILES string of the molecule is COC(=O)c1ccc(NC(=O)CSc2nnc(Nc3ccccc3OC)s2)cc1. The van der Waals surface area contributed by atoms with Gasteiger partial charge in [0, 0.05) is 5.69 Å². The van der Waals surface area contributed by atoms with Crippen molar-refractivity contribution in [2.24, 2.45) is 0 Å². The van der Waals surface area contributed by atoms with Crippen LogP contribution in [0.25, 0.3) is 0 Å². The fourth-order valence-electron chi connectivity index (χ4n) is 2.31. The molecule has 1 aromatic heterocycles. The molecule has 0 fully saturated rings. The normalized spacial score (nSPS) is 10.3. The number of hydrogen-bond donors (Lipinski definition) is 2. The number of esters is 1. The number of amides is 1. The van der Waals surface area contributed by atoms with Crippen LogP contribution in [0, 0.1) is 0 Å². The van der Waals surface area contributed by atoms with Crippen molar-refractivity contribution in [2.45, 2.75) is 4.34 Å². The van der Waals surface area contributed by atoms with Crippen LogP contribution in [0.1, 0.15) is 10.4 Å². The summed E-state index contributed by atoms with van der Waals surface area (Å²) >= 11 is 2.63. The summed E-state index contributed by atoms with van der Waals surface area (Å²) in [6.07, 6.45) is 0. The van der Waals surface area contributed by atoms with Gasteiger partial charge >= 0.3 is 5.97 Å². The van der Waals surface area contributed by atoms with Gasteiger partial charge in [-0.25, -0.2) is 4.79 Å². The fraction of sp³-hybridized carbons (Fsp3) is 0.158. The number of rotatable bonds is 8. The zero-order chi connectivity index (χ0) is 20.6. The Morgan fingerprint density at radius 1 is 1.07 bits per heavy atom. The van der Waals surface area contributed by atoms with E-state index >= 15 is 0 Å². The molecule has 3 aromatic rings. The zero-order valence-electron chi connectivity index (χ0n) is 15.7. The van der Waals surface area contributed by atoms with Crippen molar-refractivity contribution in [3.8, 4) is 5.75 Å². The summed E-state index contributed by atoms with van der Waals surface area (Å²) in [4.78, 5) is 23.6. The molecule has 0 saturated carbocycles. The molecule has 8 nitrogen and oxygen atoms in total. The van der Waals surface area contributed by atoms with Gasteiger partial charge in [-0.2, -0.15) is 0 Å². The summed E-state index contributed by atoms with van der Waals surface area (Å²) in [6, 6.07) is 14.0. The van der Waals surface area contributed by atoms with Crippen molar-refractivity contribution >= 4 is 51.5 Å². The third-order valence-corrected chi connectivity index (χ3v) is 5.64. The van der Waals surface area contributed by atoms with Crippen molar-refractivity contribution < 1.29 is 19.1 Å². The molecule has 0 atom stereocenters. The van der Waals surface area contributed by atoms with Gasteiger partial charge in [0.25, 0.3) is 0 Å². The average Bonchev–Trinajstić information content (AvgIpc) is 3.20. The Balaban J connectivity index is 1.51. The molecule has 10 heteroatoms. The maximum Gasteiger partial charge on any atom is 0.337 e. The molecule has 3 rings (SSSR count). The van der Waals surface area contributed by atoms with Gasteiger partial charge in [0.2, 0.25) is 11.0 Å². The second kappa shape index (κ2) is 9.89. The van der Waals surface area contributed by atoms with E-state index in [0.717, 1.165) is 5.69 Å². The molecule has 0 radical (unpaired) electrons. The van der Waals surface area contributed by atoms with Gasteiger partial charge < -0.3 is 20.1 Å². The molecule has 0 saturated heterocycles. The largest absolute Gasteiger partial charge is 0.495 e. The predicted molar refractivity (Wildman–Crippen MR) is 113 cm³/mol. The highest BCUT2D eigenvalue weighted by atomic mass is 32.2. The minimum Gasteiger partial charge on any atom is -0.495 e. The Kier molecular flexibility index (Phi) is 7.04. The van der Waals surface area contributed by atoms with Crippen LogP contribution in [0.15, 0.2) is 52.9 Å². The Morgan fingerprint density at radius 2 is 1.83 bits per heavy atom. The van der Waals surface area contributed by atoms with Crippen LogP contribution in [0.2, 0.25) is 0 Å². The topological polar surface area (TPSA) is 102 Å². The second-order valence-corrected chi connectivity index (χ2v) is 7.80. The Bertz CT molecular complexity index is 992. The number of carbonyl (C=O) groups is 2. The predicted octanol–water partition coefficient (Wildman–Crippen LogP) is 3.81. The summed E-state index contributed by atoms with van der Waals surface area (Å²) < 4.78 is 10.6. The molecule has 0 unspecified atom stereocenters. The standard InChI is InChI=1S/C19H18N4O4S2/c1-26-15-6-4-3-5-14(15)21-18-22-23-19(29-18)28-11-16(24)20-13-9-7-12(8-10-13)17(25)27-2/h3-10H,11H2,1-2H3,(H,20,24)(H,21,22). The highest BCUT2D eigenvalue weighted by Gasteiger charge is 2.11. The smallest absolute Gasteiger partial charge is 0.337 e. The van der Waals surface area contributed by atoms with Gasteiger partial charge in [-0.15, -0.1) is 10.2 Å². The van der Waals surface area contributed by atoms with Crippen LogP contribution >= 0.6 is 23.1 Å². The Hall–Kier alpha value is -3.11. The molecule has 29 heavy (non-hydrogen) atoms. The van der Waals surface area contributed by atoms with E-state index in [1.165, 1.54) is 30.2 Å². The molecular weight excluding hydrogens is 412 g/mol. The van der Waals surface area contributed by atoms with Gasteiger partial charge in [0.1, 0.15) is 5.75 Å². The molecule has 0 aliphatic heterocycles. The number of aromatic nitrogens is 2. The number of methoxy groups -OCH3 is 2. The van der Waals surface area contributed by atoms with E-state index in [0.29, 0.717) is 26.5 Å². The molecule has 2 aromatic carbocycles. The molecule has 1 heterocycles. The average molecular weight is 431 g/mol. The number of benzene rings is 2. The first-order chi connectivity index (χ1) is 14.1. The van der Waals surface area contributed by atoms with Gasteiger partial charge in [0.05, 0.1) is 31.2 Å². The van der Waals surface area contributed by atoms with Crippen molar-refractivity contribution in [3.63, 3.8) is 0 Å². The second-order valence-electron chi connectivity index (χ2n) is 5.60. The number of anilines is 3. The lowest BCUT2D eigenvalue weighted by atomic mass is 10.2. The van der Waals surface area contributed by atoms with E-state index in [9.17, 15) is 9.59 Å². The number of hydrogen-bond acceptors (Lipinski definition) is 9. The zero-order valence-corrected chi connectivity index (χ0v) is 17.3. The number of carbonyl (C=O) groups excluding carboxylic acids is 2. The maximum absolute atomic E-state index is 12.1. The number of ether oxygens (including phenoxy) is 2. The van der Waals surface area contributed by atoms with Gasteiger partial charge in [-0.1, -0.05) is 35.2 Å². The van der Waals surface area contributed by atoms with Gasteiger partial charge in [0.15, 0.2) is 4.34 Å². The minimum atomic E-state index is -0.424. The molecule has 150 valence electrons. The maximum atomic E-state index is 12.1. The molecule has 0 aliphatic carbocycles. The van der Waals surface area contributed by atoms with Gasteiger partial charge in [-0.05, 0) is 36.4 Å². The minimum absolute atomic E-state index is 0.183.